The van der Waals surface area contributed by atoms with Crippen LogP contribution in [0.1, 0.15) is 29.0 Å². The molecule has 17 heteroatoms. The minimum absolute atomic E-state index is 0.00383. The molecule has 0 saturated heterocycles. The zero-order valence-electron chi connectivity index (χ0n) is 20.9. The lowest BCUT2D eigenvalue weighted by Gasteiger charge is -2.21. The molecule has 0 radical (unpaired) electrons. The van der Waals surface area contributed by atoms with Gasteiger partial charge in [0.05, 0.1) is 17.7 Å². The van der Waals surface area contributed by atoms with Crippen LogP contribution in [0.15, 0.2) is 59.5 Å². The van der Waals surface area contributed by atoms with Crippen LogP contribution in [0.5, 0.6) is 5.75 Å². The van der Waals surface area contributed by atoms with Gasteiger partial charge >= 0.3 is 20.2 Å². The number of rotatable bonds is 9. The molecular weight excluding hydrogens is 619 g/mol. The monoisotopic (exact) mass is 641 g/mol. The predicted molar refractivity (Wildman–Crippen MR) is 140 cm³/mol. The van der Waals surface area contributed by atoms with E-state index in [2.05, 4.69) is 14.7 Å². The molecule has 3 aromatic rings. The van der Waals surface area contributed by atoms with Crippen LogP contribution in [0.4, 0.5) is 26.3 Å². The lowest BCUT2D eigenvalue weighted by Crippen LogP contribution is -2.37. The van der Waals surface area contributed by atoms with Gasteiger partial charge in [-0.3, -0.25) is 4.52 Å². The van der Waals surface area contributed by atoms with E-state index in [0.29, 0.717) is 17.3 Å². The fourth-order valence-corrected chi connectivity index (χ4v) is 6.39. The van der Waals surface area contributed by atoms with Crippen LogP contribution < -0.4 is 10.5 Å². The highest BCUT2D eigenvalue weighted by atomic mass is 32.2. The number of nitrogens with zero attached hydrogens (tertiary/aromatic N) is 2. The first kappa shape index (κ1) is 31.5. The summed E-state index contributed by atoms with van der Waals surface area (Å²) >= 11 is 1.30. The number of halogens is 6. The van der Waals surface area contributed by atoms with E-state index in [4.69, 9.17) is 20.3 Å². The Morgan fingerprint density at radius 3 is 2.34 bits per heavy atom. The number of alkyl halides is 6. The average molecular weight is 642 g/mol. The maximum atomic E-state index is 14.0. The van der Waals surface area contributed by atoms with E-state index >= 15 is 0 Å². The summed E-state index contributed by atoms with van der Waals surface area (Å²) in [7, 11) is -4.83. The summed E-state index contributed by atoms with van der Waals surface area (Å²) in [6.45, 7) is 0.212. The van der Waals surface area contributed by atoms with Gasteiger partial charge in [-0.2, -0.15) is 26.3 Å². The SMILES string of the molecule is C[C@](N)(COP(=O)(O)O)c1nnc(-c2ccc(OCC3=CC(c4ccccc4)C(C(F)(F)F)S3)c(C(F)(F)F)c2)s1. The highest BCUT2D eigenvalue weighted by Crippen LogP contribution is 2.50. The predicted octanol–water partition coefficient (Wildman–Crippen LogP) is 6.23. The van der Waals surface area contributed by atoms with Gasteiger partial charge in [-0.15, -0.1) is 22.0 Å². The molecule has 1 aliphatic heterocycles. The average Bonchev–Trinajstić information content (AvgIpc) is 3.54. The molecule has 2 unspecified atom stereocenters. The summed E-state index contributed by atoms with van der Waals surface area (Å²) in [6.07, 6.45) is -8.07. The second-order valence-corrected chi connectivity index (χ2v) is 12.7. The van der Waals surface area contributed by atoms with Crippen molar-refractivity contribution in [1.82, 2.24) is 10.2 Å². The minimum atomic E-state index is -4.88. The molecule has 0 spiro atoms. The Labute approximate surface area is 237 Å². The number of nitrogens with two attached hydrogens (primary N) is 1. The Bertz CT molecular complexity index is 1460. The molecule has 41 heavy (non-hydrogen) atoms. The largest absolute Gasteiger partial charge is 0.488 e. The Balaban J connectivity index is 1.55. The zero-order valence-corrected chi connectivity index (χ0v) is 23.4. The van der Waals surface area contributed by atoms with E-state index in [9.17, 15) is 30.9 Å². The summed E-state index contributed by atoms with van der Waals surface area (Å²) in [6, 6.07) is 11.1. The number of thioether (sulfide) groups is 1. The van der Waals surface area contributed by atoms with E-state index in [1.807, 2.05) is 0 Å². The van der Waals surface area contributed by atoms with Gasteiger partial charge in [-0.25, -0.2) is 4.57 Å². The Kier molecular flexibility index (Phi) is 8.96. The maximum Gasteiger partial charge on any atom is 0.469 e. The van der Waals surface area contributed by atoms with Crippen molar-refractivity contribution in [1.29, 1.82) is 0 Å². The van der Waals surface area contributed by atoms with Crippen molar-refractivity contribution in [2.24, 2.45) is 5.73 Å². The van der Waals surface area contributed by atoms with Gasteiger partial charge in [0.25, 0.3) is 0 Å². The Hall–Kier alpha value is -2.46. The standard InChI is InChI=1S/C24H22F6N3O5PS2/c1-22(31,12-38-39(34,35)36)21-33-32-20(41-21)14-7-8-18(17(9-14)23(25,26)27)37-11-15-10-16(13-5-3-2-4-6-13)19(40-15)24(28,29)30/h2-10,16,19H,11-12,31H2,1H3,(H2,34,35,36)/t16?,19?,22-/m0/s1. The first-order valence-corrected chi connectivity index (χ1v) is 14.8. The molecule has 0 aliphatic carbocycles. The molecule has 222 valence electrons. The van der Waals surface area contributed by atoms with Crippen LogP contribution in [0.2, 0.25) is 0 Å². The molecule has 1 aliphatic rings. The number of benzene rings is 2. The van der Waals surface area contributed by atoms with Crippen molar-refractivity contribution >= 4 is 30.9 Å². The summed E-state index contributed by atoms with van der Waals surface area (Å²) in [5, 5.41) is 5.93. The summed E-state index contributed by atoms with van der Waals surface area (Å²) in [4.78, 5) is 17.9. The number of phosphoric acid groups is 1. The number of aromatic nitrogens is 2. The fourth-order valence-electron chi connectivity index (χ4n) is 3.87. The van der Waals surface area contributed by atoms with Gasteiger partial charge in [-0.1, -0.05) is 47.7 Å². The molecule has 2 aromatic carbocycles. The van der Waals surface area contributed by atoms with Crippen molar-refractivity contribution in [2.45, 2.75) is 36.0 Å². The van der Waals surface area contributed by atoms with Crippen LogP contribution in [0.25, 0.3) is 10.6 Å². The van der Waals surface area contributed by atoms with E-state index in [1.165, 1.54) is 19.1 Å². The zero-order chi connectivity index (χ0) is 30.2. The second kappa shape index (κ2) is 11.7. The van der Waals surface area contributed by atoms with E-state index in [0.717, 1.165) is 23.5 Å². The van der Waals surface area contributed by atoms with Crippen molar-refractivity contribution in [3.8, 4) is 16.3 Å². The normalized spacial score (nSPS) is 19.6. The van der Waals surface area contributed by atoms with Crippen molar-refractivity contribution in [3.63, 3.8) is 0 Å². The number of allylic oxidation sites excluding steroid dienone is 1. The molecule has 4 rings (SSSR count). The van der Waals surface area contributed by atoms with Crippen LogP contribution >= 0.6 is 30.9 Å². The number of hydrogen-bond acceptors (Lipinski definition) is 8. The molecule has 3 atom stereocenters. The van der Waals surface area contributed by atoms with Gasteiger partial charge < -0.3 is 20.3 Å². The van der Waals surface area contributed by atoms with Gasteiger partial charge in [-0.05, 0) is 30.7 Å². The summed E-state index contributed by atoms with van der Waals surface area (Å²) < 4.78 is 104. The van der Waals surface area contributed by atoms with Gasteiger partial charge in [0.1, 0.15) is 27.6 Å². The molecule has 4 N–H and O–H groups in total. The molecule has 8 nitrogen and oxygen atoms in total. The second-order valence-electron chi connectivity index (χ2n) is 9.24. The summed E-state index contributed by atoms with van der Waals surface area (Å²) in [5.74, 6) is -1.60. The molecule has 1 aromatic heterocycles. The van der Waals surface area contributed by atoms with Crippen LogP contribution in [0, 0.1) is 0 Å². The Morgan fingerprint density at radius 1 is 1.05 bits per heavy atom. The highest BCUT2D eigenvalue weighted by Gasteiger charge is 2.48. The topological polar surface area (TPSA) is 128 Å². The van der Waals surface area contributed by atoms with Crippen LogP contribution in [0.3, 0.4) is 0 Å². The Morgan fingerprint density at radius 2 is 1.73 bits per heavy atom. The molecule has 0 saturated carbocycles. The quantitative estimate of drug-likeness (QED) is 0.184. The molecule has 0 fully saturated rings. The van der Waals surface area contributed by atoms with Crippen molar-refractivity contribution < 1.29 is 50.0 Å². The van der Waals surface area contributed by atoms with Gasteiger partial charge in [0, 0.05) is 16.4 Å². The first-order chi connectivity index (χ1) is 18.9. The van der Waals surface area contributed by atoms with Crippen LogP contribution in [-0.4, -0.2) is 44.6 Å². The van der Waals surface area contributed by atoms with E-state index in [-0.39, 0.29) is 20.5 Å². The smallest absolute Gasteiger partial charge is 0.469 e. The maximum absolute atomic E-state index is 14.0. The number of phosphoric ester groups is 1. The van der Waals surface area contributed by atoms with Gasteiger partial charge in [0.15, 0.2) is 0 Å². The molecular formula is C24H22F6N3O5PS2. The third-order valence-corrected chi connectivity index (χ3v) is 8.91. The molecule has 0 bridgehead atoms. The van der Waals surface area contributed by atoms with Crippen molar-refractivity contribution in [3.05, 3.63) is 75.6 Å². The lowest BCUT2D eigenvalue weighted by atomic mass is 9.95. The summed E-state index contributed by atoms with van der Waals surface area (Å²) in [5.41, 5.74) is 3.74. The van der Waals surface area contributed by atoms with Crippen LogP contribution in [-0.2, 0) is 20.8 Å². The van der Waals surface area contributed by atoms with E-state index in [1.54, 1.807) is 30.3 Å². The first-order valence-electron chi connectivity index (χ1n) is 11.6. The third kappa shape index (κ3) is 7.89. The third-order valence-electron chi connectivity index (χ3n) is 5.83. The molecule has 2 heterocycles. The van der Waals surface area contributed by atoms with E-state index < -0.39 is 61.4 Å². The van der Waals surface area contributed by atoms with Gasteiger partial charge in [0.2, 0.25) is 0 Å². The highest BCUT2D eigenvalue weighted by molar-refractivity contribution is 8.04. The minimum Gasteiger partial charge on any atom is -0.488 e. The number of ether oxygens (including phenoxy) is 1. The molecule has 0 amide bonds. The van der Waals surface area contributed by atoms with Crippen molar-refractivity contribution in [2.75, 3.05) is 13.2 Å². The number of hydrogen-bond donors (Lipinski definition) is 3. The fraction of sp³-hybridized carbons (Fsp3) is 0.333. The lowest BCUT2D eigenvalue weighted by molar-refractivity contribution is -0.138.